The van der Waals surface area contributed by atoms with Crippen LogP contribution in [0.15, 0.2) is 10.9 Å². The second-order valence-electron chi connectivity index (χ2n) is 3.93. The first-order valence-corrected chi connectivity index (χ1v) is 5.35. The summed E-state index contributed by atoms with van der Waals surface area (Å²) in [5.41, 5.74) is 2.06. The third-order valence-electron chi connectivity index (χ3n) is 2.67. The molecule has 0 spiro atoms. The number of H-pyrrole nitrogens is 1. The smallest absolute Gasteiger partial charge is 0.255 e. The molecule has 0 aliphatic heterocycles. The van der Waals surface area contributed by atoms with E-state index >= 15 is 0 Å². The summed E-state index contributed by atoms with van der Waals surface area (Å²) in [4.78, 5) is 18.7. The van der Waals surface area contributed by atoms with Gasteiger partial charge in [-0.15, -0.1) is 0 Å². The minimum atomic E-state index is -0.136. The third-order valence-corrected chi connectivity index (χ3v) is 2.67. The zero-order chi connectivity index (χ0) is 12.6. The summed E-state index contributed by atoms with van der Waals surface area (Å²) in [5.74, 6) is 1.21. The van der Waals surface area contributed by atoms with Crippen molar-refractivity contribution < 1.29 is 0 Å². The largest absolute Gasteiger partial charge is 0.373 e. The third kappa shape index (κ3) is 1.93. The van der Waals surface area contributed by atoms with Crippen LogP contribution < -0.4 is 10.9 Å². The molecule has 0 unspecified atom stereocenters. The SMILES string of the molecule is CNc1cc(C)nn1-c1nc(C)c(C)c(=O)[nH]1. The van der Waals surface area contributed by atoms with Crippen molar-refractivity contribution in [3.05, 3.63) is 33.4 Å². The van der Waals surface area contributed by atoms with Crippen LogP contribution in [0.2, 0.25) is 0 Å². The monoisotopic (exact) mass is 233 g/mol. The second kappa shape index (κ2) is 4.04. The van der Waals surface area contributed by atoms with Gasteiger partial charge in [0.25, 0.3) is 5.56 Å². The normalized spacial score (nSPS) is 10.6. The van der Waals surface area contributed by atoms with Gasteiger partial charge in [0.2, 0.25) is 5.95 Å². The Morgan fingerprint density at radius 1 is 1.35 bits per heavy atom. The van der Waals surface area contributed by atoms with E-state index in [0.717, 1.165) is 11.5 Å². The Kier molecular flexibility index (Phi) is 2.71. The molecule has 0 aromatic carbocycles. The van der Waals surface area contributed by atoms with Gasteiger partial charge < -0.3 is 5.32 Å². The maximum absolute atomic E-state index is 11.7. The number of hydrogen-bond donors (Lipinski definition) is 2. The number of aryl methyl sites for hydroxylation is 2. The van der Waals surface area contributed by atoms with Crippen molar-refractivity contribution in [1.82, 2.24) is 19.7 Å². The maximum Gasteiger partial charge on any atom is 0.255 e. The Labute approximate surface area is 98.7 Å². The van der Waals surface area contributed by atoms with Gasteiger partial charge in [-0.25, -0.2) is 4.98 Å². The number of nitrogens with one attached hydrogen (secondary N) is 2. The van der Waals surface area contributed by atoms with E-state index in [1.807, 2.05) is 19.9 Å². The first kappa shape index (κ1) is 11.4. The molecule has 0 amide bonds. The molecule has 2 aromatic rings. The molecule has 0 aliphatic carbocycles. The number of hydrogen-bond acceptors (Lipinski definition) is 4. The van der Waals surface area contributed by atoms with E-state index in [9.17, 15) is 4.79 Å². The number of aromatic nitrogens is 4. The molecule has 2 aromatic heterocycles. The van der Waals surface area contributed by atoms with E-state index in [0.29, 0.717) is 17.2 Å². The molecule has 0 fully saturated rings. The van der Waals surface area contributed by atoms with Crippen LogP contribution in [0, 0.1) is 20.8 Å². The van der Waals surface area contributed by atoms with Crippen LogP contribution >= 0.6 is 0 Å². The minimum absolute atomic E-state index is 0.136. The molecule has 0 atom stereocenters. The first-order valence-electron chi connectivity index (χ1n) is 5.35. The lowest BCUT2D eigenvalue weighted by atomic mass is 10.3. The zero-order valence-corrected chi connectivity index (χ0v) is 10.3. The van der Waals surface area contributed by atoms with Crippen molar-refractivity contribution in [1.29, 1.82) is 0 Å². The predicted molar refractivity (Wildman–Crippen MR) is 65.7 cm³/mol. The van der Waals surface area contributed by atoms with Crippen molar-refractivity contribution in [3.63, 3.8) is 0 Å². The summed E-state index contributed by atoms with van der Waals surface area (Å²) in [5, 5.41) is 7.29. The van der Waals surface area contributed by atoms with Crippen molar-refractivity contribution in [2.75, 3.05) is 12.4 Å². The molecule has 90 valence electrons. The fourth-order valence-corrected chi connectivity index (χ4v) is 1.57. The molecule has 17 heavy (non-hydrogen) atoms. The Morgan fingerprint density at radius 2 is 2.06 bits per heavy atom. The standard InChI is InChI=1S/C11H15N5O/c1-6-5-9(12-4)16(15-6)11-13-8(3)7(2)10(17)14-11/h5,12H,1-4H3,(H,13,14,17). The van der Waals surface area contributed by atoms with Gasteiger partial charge in [-0.2, -0.15) is 9.78 Å². The van der Waals surface area contributed by atoms with Crippen LogP contribution in [0.3, 0.4) is 0 Å². The van der Waals surface area contributed by atoms with Crippen molar-refractivity contribution >= 4 is 5.82 Å². The average Bonchev–Trinajstić information content (AvgIpc) is 2.66. The summed E-state index contributed by atoms with van der Waals surface area (Å²) in [6, 6.07) is 1.88. The van der Waals surface area contributed by atoms with Crippen molar-refractivity contribution in [3.8, 4) is 5.95 Å². The molecule has 0 radical (unpaired) electrons. The van der Waals surface area contributed by atoms with E-state index in [-0.39, 0.29) is 5.56 Å². The molecule has 6 heteroatoms. The Bertz CT molecular complexity index is 611. The van der Waals surface area contributed by atoms with E-state index in [4.69, 9.17) is 0 Å². The Balaban J connectivity index is 2.64. The quantitative estimate of drug-likeness (QED) is 0.808. The zero-order valence-electron chi connectivity index (χ0n) is 10.3. The fraction of sp³-hybridized carbons (Fsp3) is 0.364. The van der Waals surface area contributed by atoms with Gasteiger partial charge in [-0.3, -0.25) is 9.78 Å². The fourth-order valence-electron chi connectivity index (χ4n) is 1.57. The van der Waals surface area contributed by atoms with Gasteiger partial charge in [-0.1, -0.05) is 0 Å². The summed E-state index contributed by atoms with van der Waals surface area (Å²) in [6.07, 6.45) is 0. The minimum Gasteiger partial charge on any atom is -0.373 e. The number of anilines is 1. The topological polar surface area (TPSA) is 75.6 Å². The molecule has 6 nitrogen and oxygen atoms in total. The van der Waals surface area contributed by atoms with E-state index in [2.05, 4.69) is 20.4 Å². The Morgan fingerprint density at radius 3 is 2.65 bits per heavy atom. The molecule has 2 rings (SSSR count). The van der Waals surface area contributed by atoms with E-state index in [1.165, 1.54) is 0 Å². The van der Waals surface area contributed by atoms with E-state index in [1.54, 1.807) is 18.7 Å². The summed E-state index contributed by atoms with van der Waals surface area (Å²) in [7, 11) is 1.80. The van der Waals surface area contributed by atoms with Crippen LogP contribution in [0.5, 0.6) is 0 Å². The molecule has 0 aliphatic rings. The average molecular weight is 233 g/mol. The molecule has 0 saturated heterocycles. The molecule has 2 N–H and O–H groups in total. The highest BCUT2D eigenvalue weighted by Gasteiger charge is 2.10. The van der Waals surface area contributed by atoms with Gasteiger partial charge >= 0.3 is 0 Å². The number of rotatable bonds is 2. The summed E-state index contributed by atoms with van der Waals surface area (Å²) in [6.45, 7) is 5.44. The molecule has 2 heterocycles. The first-order chi connectivity index (χ1) is 8.02. The predicted octanol–water partition coefficient (Wildman–Crippen LogP) is 0.923. The highest BCUT2D eigenvalue weighted by atomic mass is 16.1. The highest BCUT2D eigenvalue weighted by molar-refractivity contribution is 5.41. The summed E-state index contributed by atoms with van der Waals surface area (Å²) >= 11 is 0. The summed E-state index contributed by atoms with van der Waals surface area (Å²) < 4.78 is 1.59. The van der Waals surface area contributed by atoms with Crippen LogP contribution in [0.1, 0.15) is 17.0 Å². The maximum atomic E-state index is 11.7. The van der Waals surface area contributed by atoms with Crippen LogP contribution in [-0.4, -0.2) is 26.8 Å². The second-order valence-corrected chi connectivity index (χ2v) is 3.93. The molecule has 0 bridgehead atoms. The number of aromatic amines is 1. The molecular formula is C11H15N5O. The van der Waals surface area contributed by atoms with Crippen molar-refractivity contribution in [2.24, 2.45) is 0 Å². The lowest BCUT2D eigenvalue weighted by Crippen LogP contribution is -2.18. The van der Waals surface area contributed by atoms with Gasteiger partial charge in [-0.05, 0) is 20.8 Å². The lowest BCUT2D eigenvalue weighted by molar-refractivity contribution is 0.784. The van der Waals surface area contributed by atoms with Gasteiger partial charge in [0, 0.05) is 24.4 Å². The lowest BCUT2D eigenvalue weighted by Gasteiger charge is -2.07. The number of nitrogens with zero attached hydrogens (tertiary/aromatic N) is 3. The highest BCUT2D eigenvalue weighted by Crippen LogP contribution is 2.13. The van der Waals surface area contributed by atoms with Gasteiger partial charge in [0.05, 0.1) is 5.69 Å². The van der Waals surface area contributed by atoms with Gasteiger partial charge in [0.1, 0.15) is 5.82 Å². The Hall–Kier alpha value is -2.11. The molecular weight excluding hydrogens is 218 g/mol. The van der Waals surface area contributed by atoms with Crippen LogP contribution in [-0.2, 0) is 0 Å². The van der Waals surface area contributed by atoms with Crippen LogP contribution in [0.25, 0.3) is 5.95 Å². The van der Waals surface area contributed by atoms with Crippen molar-refractivity contribution in [2.45, 2.75) is 20.8 Å². The van der Waals surface area contributed by atoms with Gasteiger partial charge in [0.15, 0.2) is 0 Å². The van der Waals surface area contributed by atoms with Crippen LogP contribution in [0.4, 0.5) is 5.82 Å². The molecule has 0 saturated carbocycles. The van der Waals surface area contributed by atoms with E-state index < -0.39 is 0 Å².